The summed E-state index contributed by atoms with van der Waals surface area (Å²) < 4.78 is 7.39. The predicted molar refractivity (Wildman–Crippen MR) is 132 cm³/mol. The third-order valence-electron chi connectivity index (χ3n) is 6.43. The SMILES string of the molecule is C=C1C=CC=C2C(=O)N(n3cc(C4=CC(=O)NC4=O)c4cc(OCc5ccccc5)ccc43)C(=O)C12. The Morgan fingerprint density at radius 3 is 2.56 bits per heavy atom. The minimum Gasteiger partial charge on any atom is -0.489 e. The van der Waals surface area contributed by atoms with Gasteiger partial charge < -0.3 is 4.74 Å². The molecule has 1 aliphatic carbocycles. The third-order valence-corrected chi connectivity index (χ3v) is 6.43. The van der Waals surface area contributed by atoms with Gasteiger partial charge in [-0.15, -0.1) is 0 Å². The number of carbonyl (C=O) groups excluding carboxylic acids is 4. The fourth-order valence-corrected chi connectivity index (χ4v) is 4.72. The Kier molecular flexibility index (Phi) is 4.82. The Morgan fingerprint density at radius 2 is 1.83 bits per heavy atom. The van der Waals surface area contributed by atoms with E-state index in [1.807, 2.05) is 30.3 Å². The van der Waals surface area contributed by atoms with E-state index in [0.717, 1.165) is 10.6 Å². The fourth-order valence-electron chi connectivity index (χ4n) is 4.72. The zero-order valence-corrected chi connectivity index (χ0v) is 18.9. The van der Waals surface area contributed by atoms with Gasteiger partial charge in [-0.3, -0.25) is 24.5 Å². The van der Waals surface area contributed by atoms with E-state index in [1.54, 1.807) is 36.4 Å². The molecule has 1 aromatic heterocycles. The Hall–Kier alpha value is -4.98. The van der Waals surface area contributed by atoms with Crippen LogP contribution in [-0.2, 0) is 25.8 Å². The van der Waals surface area contributed by atoms with Crippen LogP contribution in [0.25, 0.3) is 16.5 Å². The van der Waals surface area contributed by atoms with Crippen molar-refractivity contribution < 1.29 is 23.9 Å². The first-order valence-electron chi connectivity index (χ1n) is 11.3. The number of fused-ring (bicyclic) bond motifs is 2. The molecule has 3 aromatic rings. The molecule has 0 bridgehead atoms. The molecule has 1 fully saturated rings. The van der Waals surface area contributed by atoms with Crippen LogP contribution in [0.3, 0.4) is 0 Å². The van der Waals surface area contributed by atoms with E-state index in [-0.39, 0.29) is 5.57 Å². The Bertz CT molecular complexity index is 1610. The Labute approximate surface area is 205 Å². The monoisotopic (exact) mass is 477 g/mol. The van der Waals surface area contributed by atoms with Crippen molar-refractivity contribution in [3.63, 3.8) is 0 Å². The summed E-state index contributed by atoms with van der Waals surface area (Å²) in [7, 11) is 0. The second-order valence-electron chi connectivity index (χ2n) is 8.66. The van der Waals surface area contributed by atoms with Gasteiger partial charge >= 0.3 is 0 Å². The van der Waals surface area contributed by atoms with Crippen LogP contribution in [-0.4, -0.2) is 28.3 Å². The average Bonchev–Trinajstić information content (AvgIpc) is 3.49. The molecule has 1 unspecified atom stereocenters. The third kappa shape index (κ3) is 3.31. The first-order chi connectivity index (χ1) is 17.4. The molecule has 4 amide bonds. The summed E-state index contributed by atoms with van der Waals surface area (Å²) in [5, 5.41) is 3.86. The summed E-state index contributed by atoms with van der Waals surface area (Å²) >= 11 is 0. The van der Waals surface area contributed by atoms with Crippen LogP contribution in [0.2, 0.25) is 0 Å². The zero-order valence-electron chi connectivity index (χ0n) is 18.9. The molecule has 0 spiro atoms. The van der Waals surface area contributed by atoms with Gasteiger partial charge in [-0.05, 0) is 29.3 Å². The highest BCUT2D eigenvalue weighted by molar-refractivity contribution is 6.35. The summed E-state index contributed by atoms with van der Waals surface area (Å²) in [6, 6.07) is 14.8. The summed E-state index contributed by atoms with van der Waals surface area (Å²) in [5.74, 6) is -2.21. The largest absolute Gasteiger partial charge is 0.489 e. The van der Waals surface area contributed by atoms with Crippen LogP contribution in [0.15, 0.2) is 96.8 Å². The number of aromatic nitrogens is 1. The molecule has 3 aliphatic rings. The molecule has 3 heterocycles. The molecule has 0 saturated carbocycles. The summed E-state index contributed by atoms with van der Waals surface area (Å²) in [5.41, 5.74) is 2.91. The average molecular weight is 477 g/mol. The molecule has 8 nitrogen and oxygen atoms in total. The van der Waals surface area contributed by atoms with Gasteiger partial charge in [-0.2, -0.15) is 5.01 Å². The molecule has 2 aromatic carbocycles. The molecule has 0 radical (unpaired) electrons. The molecule has 6 rings (SSSR count). The van der Waals surface area contributed by atoms with E-state index >= 15 is 0 Å². The number of rotatable bonds is 5. The number of hydrogen-bond donors (Lipinski definition) is 1. The normalized spacial score (nSPS) is 19.1. The lowest BCUT2D eigenvalue weighted by atomic mass is 9.90. The molecule has 1 atom stereocenters. The van der Waals surface area contributed by atoms with E-state index < -0.39 is 29.5 Å². The topological polar surface area (TPSA) is 97.7 Å². The predicted octanol–water partition coefficient (Wildman–Crippen LogP) is 2.93. The molecule has 1 saturated heterocycles. The summed E-state index contributed by atoms with van der Waals surface area (Å²) in [6.45, 7) is 4.25. The van der Waals surface area contributed by atoms with Gasteiger partial charge in [0, 0.05) is 28.8 Å². The van der Waals surface area contributed by atoms with Gasteiger partial charge in [0.05, 0.1) is 17.0 Å². The van der Waals surface area contributed by atoms with Crippen molar-refractivity contribution in [1.82, 2.24) is 9.99 Å². The first-order valence-corrected chi connectivity index (χ1v) is 11.3. The molecule has 176 valence electrons. The van der Waals surface area contributed by atoms with Crippen molar-refractivity contribution in [2.24, 2.45) is 5.92 Å². The lowest BCUT2D eigenvalue weighted by Gasteiger charge is -2.17. The van der Waals surface area contributed by atoms with E-state index in [9.17, 15) is 19.2 Å². The van der Waals surface area contributed by atoms with Crippen molar-refractivity contribution in [2.75, 3.05) is 5.01 Å². The van der Waals surface area contributed by atoms with Gasteiger partial charge in [0.25, 0.3) is 23.6 Å². The van der Waals surface area contributed by atoms with Crippen molar-refractivity contribution in [1.29, 1.82) is 0 Å². The second kappa shape index (κ2) is 8.06. The summed E-state index contributed by atoms with van der Waals surface area (Å²) in [4.78, 5) is 51.0. The second-order valence-corrected chi connectivity index (χ2v) is 8.66. The number of hydrogen-bond acceptors (Lipinski definition) is 5. The van der Waals surface area contributed by atoms with Gasteiger partial charge in [-0.25, -0.2) is 4.68 Å². The molecule has 2 aliphatic heterocycles. The highest BCUT2D eigenvalue weighted by Crippen LogP contribution is 2.37. The number of nitrogens with one attached hydrogen (secondary N) is 1. The van der Waals surface area contributed by atoms with E-state index in [4.69, 9.17) is 4.74 Å². The molecular formula is C28H19N3O5. The van der Waals surface area contributed by atoms with Crippen molar-refractivity contribution in [3.8, 4) is 5.75 Å². The minimum atomic E-state index is -0.757. The maximum Gasteiger partial charge on any atom is 0.277 e. The number of imide groups is 2. The number of nitrogens with zero attached hydrogens (tertiary/aromatic N) is 2. The van der Waals surface area contributed by atoms with Gasteiger partial charge in [0.1, 0.15) is 12.4 Å². The van der Waals surface area contributed by atoms with Crippen LogP contribution in [0.5, 0.6) is 5.75 Å². The number of amides is 4. The van der Waals surface area contributed by atoms with Crippen molar-refractivity contribution in [2.45, 2.75) is 6.61 Å². The van der Waals surface area contributed by atoms with Crippen LogP contribution in [0.1, 0.15) is 11.1 Å². The highest BCUT2D eigenvalue weighted by atomic mass is 16.5. The van der Waals surface area contributed by atoms with Crippen molar-refractivity contribution >= 4 is 40.1 Å². The minimum absolute atomic E-state index is 0.144. The lowest BCUT2D eigenvalue weighted by Crippen LogP contribution is -2.40. The van der Waals surface area contributed by atoms with E-state index in [1.165, 1.54) is 16.9 Å². The molecule has 1 N–H and O–H groups in total. The zero-order chi connectivity index (χ0) is 25.0. The standard InChI is InChI=1S/C28H19N3O5/c1-16-6-5-9-19-25(16)28(35)31(27(19)34)30-14-22(21-13-24(32)29-26(21)33)20-12-18(10-11-23(20)30)36-15-17-7-3-2-4-8-17/h2-14,25H,1,15H2,(H,29,32,33). The Morgan fingerprint density at radius 1 is 1.03 bits per heavy atom. The van der Waals surface area contributed by atoms with Crippen LogP contribution in [0, 0.1) is 5.92 Å². The number of ether oxygens (including phenoxy) is 1. The lowest BCUT2D eigenvalue weighted by molar-refractivity contribution is -0.125. The van der Waals surface area contributed by atoms with Crippen LogP contribution >= 0.6 is 0 Å². The van der Waals surface area contributed by atoms with E-state index in [0.29, 0.717) is 40.0 Å². The molecule has 8 heteroatoms. The number of carbonyl (C=O) groups is 4. The van der Waals surface area contributed by atoms with Gasteiger partial charge in [0.15, 0.2) is 0 Å². The maximum atomic E-state index is 13.4. The number of benzene rings is 2. The first kappa shape index (κ1) is 21.5. The highest BCUT2D eigenvalue weighted by Gasteiger charge is 2.46. The smallest absolute Gasteiger partial charge is 0.277 e. The Balaban J connectivity index is 1.46. The summed E-state index contributed by atoms with van der Waals surface area (Å²) in [6.07, 6.45) is 7.75. The molecule has 36 heavy (non-hydrogen) atoms. The number of allylic oxidation sites excluding steroid dienone is 3. The quantitative estimate of drug-likeness (QED) is 0.570. The maximum absolute atomic E-state index is 13.4. The fraction of sp³-hybridized carbons (Fsp3) is 0.0714. The van der Waals surface area contributed by atoms with Gasteiger partial charge in [0.2, 0.25) is 0 Å². The van der Waals surface area contributed by atoms with Crippen LogP contribution in [0.4, 0.5) is 0 Å². The van der Waals surface area contributed by atoms with Crippen LogP contribution < -0.4 is 15.1 Å². The van der Waals surface area contributed by atoms with Gasteiger partial charge in [-0.1, -0.05) is 55.1 Å². The van der Waals surface area contributed by atoms with Crippen molar-refractivity contribution in [3.05, 3.63) is 108 Å². The van der Waals surface area contributed by atoms with E-state index in [2.05, 4.69) is 11.9 Å². The molecular weight excluding hydrogens is 458 g/mol.